The average molecular weight is 402 g/mol. The van der Waals surface area contributed by atoms with Crippen LogP contribution in [0.1, 0.15) is 50.7 Å². The zero-order valence-electron chi connectivity index (χ0n) is 16.8. The number of hydrogen-bond acceptors (Lipinski definition) is 2. The van der Waals surface area contributed by atoms with E-state index in [0.717, 1.165) is 24.0 Å². The molecule has 5 heteroatoms. The number of aryl methyl sites for hydroxylation is 1. The van der Waals surface area contributed by atoms with Gasteiger partial charge in [0.15, 0.2) is 0 Å². The molecule has 0 spiro atoms. The molecular weight excluding hydrogens is 379 g/mol. The number of nitrogens with zero attached hydrogens (tertiary/aromatic N) is 1. The standard InChI is InChI=1S/C25H23FN2O2/c1-17-13-14-19(16-22(17)27-24(29)20-10-5-6-11-21(20)26)25(30)28-15-7-12-23(28)18-8-3-2-4-9-18/h2-6,8-11,13-14,16,23H,7,12,15H2,1H3,(H,27,29). The smallest absolute Gasteiger partial charge is 0.258 e. The summed E-state index contributed by atoms with van der Waals surface area (Å²) < 4.78 is 13.9. The molecule has 3 aromatic carbocycles. The van der Waals surface area contributed by atoms with E-state index in [1.165, 1.54) is 18.2 Å². The average Bonchev–Trinajstić information content (AvgIpc) is 3.25. The van der Waals surface area contributed by atoms with Gasteiger partial charge in [0, 0.05) is 17.8 Å². The summed E-state index contributed by atoms with van der Waals surface area (Å²) in [6.45, 7) is 2.54. The number of carbonyl (C=O) groups excluding carboxylic acids is 2. The molecule has 3 aromatic rings. The second-order valence-electron chi connectivity index (χ2n) is 7.53. The summed E-state index contributed by atoms with van der Waals surface area (Å²) >= 11 is 0. The minimum absolute atomic E-state index is 0.0303. The van der Waals surface area contributed by atoms with Crippen molar-refractivity contribution >= 4 is 17.5 Å². The molecule has 1 aliphatic rings. The van der Waals surface area contributed by atoms with Gasteiger partial charge in [-0.15, -0.1) is 0 Å². The van der Waals surface area contributed by atoms with Crippen molar-refractivity contribution in [3.63, 3.8) is 0 Å². The highest BCUT2D eigenvalue weighted by Gasteiger charge is 2.30. The minimum atomic E-state index is -0.581. The maximum Gasteiger partial charge on any atom is 0.258 e. The van der Waals surface area contributed by atoms with Crippen molar-refractivity contribution in [2.45, 2.75) is 25.8 Å². The van der Waals surface area contributed by atoms with Gasteiger partial charge in [-0.2, -0.15) is 0 Å². The first kappa shape index (κ1) is 19.8. The van der Waals surface area contributed by atoms with Crippen LogP contribution in [0.4, 0.5) is 10.1 Å². The Hall–Kier alpha value is -3.47. The largest absolute Gasteiger partial charge is 0.332 e. The number of hydrogen-bond donors (Lipinski definition) is 1. The van der Waals surface area contributed by atoms with Crippen LogP contribution < -0.4 is 5.32 Å². The van der Waals surface area contributed by atoms with Crippen molar-refractivity contribution in [1.82, 2.24) is 4.90 Å². The maximum absolute atomic E-state index is 13.9. The Morgan fingerprint density at radius 3 is 2.50 bits per heavy atom. The van der Waals surface area contributed by atoms with Crippen LogP contribution in [-0.4, -0.2) is 23.3 Å². The molecule has 1 aliphatic heterocycles. The van der Waals surface area contributed by atoms with E-state index in [1.807, 2.05) is 42.2 Å². The Kier molecular flexibility index (Phi) is 5.61. The molecule has 1 atom stereocenters. The van der Waals surface area contributed by atoms with Crippen molar-refractivity contribution in [2.75, 3.05) is 11.9 Å². The van der Waals surface area contributed by atoms with Crippen molar-refractivity contribution < 1.29 is 14.0 Å². The molecule has 0 radical (unpaired) electrons. The molecule has 30 heavy (non-hydrogen) atoms. The SMILES string of the molecule is Cc1ccc(C(=O)N2CCCC2c2ccccc2)cc1NC(=O)c1ccccc1F. The lowest BCUT2D eigenvalue weighted by atomic mass is 10.0. The molecule has 0 aliphatic carbocycles. The molecular formula is C25H23FN2O2. The minimum Gasteiger partial charge on any atom is -0.332 e. The summed E-state index contributed by atoms with van der Waals surface area (Å²) in [6, 6.07) is 21.2. The Balaban J connectivity index is 1.57. The molecule has 0 bridgehead atoms. The quantitative estimate of drug-likeness (QED) is 0.638. The Bertz CT molecular complexity index is 1080. The normalized spacial score (nSPS) is 15.8. The van der Waals surface area contributed by atoms with Gasteiger partial charge >= 0.3 is 0 Å². The topological polar surface area (TPSA) is 49.4 Å². The molecule has 152 valence electrons. The predicted octanol–water partition coefficient (Wildman–Crippen LogP) is 5.36. The molecule has 4 nitrogen and oxygen atoms in total. The number of amides is 2. The Morgan fingerprint density at radius 2 is 1.73 bits per heavy atom. The highest BCUT2D eigenvalue weighted by molar-refractivity contribution is 6.05. The molecule has 2 amide bonds. The molecule has 1 fully saturated rings. The predicted molar refractivity (Wildman–Crippen MR) is 115 cm³/mol. The lowest BCUT2D eigenvalue weighted by Crippen LogP contribution is -2.30. The van der Waals surface area contributed by atoms with Gasteiger partial charge < -0.3 is 10.2 Å². The molecule has 0 aromatic heterocycles. The van der Waals surface area contributed by atoms with Crippen LogP contribution in [0, 0.1) is 12.7 Å². The van der Waals surface area contributed by atoms with E-state index in [4.69, 9.17) is 0 Å². The Morgan fingerprint density at radius 1 is 1.00 bits per heavy atom. The first-order valence-corrected chi connectivity index (χ1v) is 10.1. The van der Waals surface area contributed by atoms with E-state index in [0.29, 0.717) is 17.8 Å². The zero-order valence-corrected chi connectivity index (χ0v) is 16.8. The van der Waals surface area contributed by atoms with Gasteiger partial charge in [-0.05, 0) is 55.2 Å². The lowest BCUT2D eigenvalue weighted by Gasteiger charge is -2.25. The van der Waals surface area contributed by atoms with Gasteiger partial charge in [-0.25, -0.2) is 4.39 Å². The number of rotatable bonds is 4. The maximum atomic E-state index is 13.9. The second kappa shape index (κ2) is 8.49. The lowest BCUT2D eigenvalue weighted by molar-refractivity contribution is 0.0735. The second-order valence-corrected chi connectivity index (χ2v) is 7.53. The number of halogens is 1. The van der Waals surface area contributed by atoms with E-state index in [9.17, 15) is 14.0 Å². The fourth-order valence-electron chi connectivity index (χ4n) is 3.92. The number of likely N-dealkylation sites (tertiary alicyclic amines) is 1. The zero-order chi connectivity index (χ0) is 21.1. The van der Waals surface area contributed by atoms with Crippen LogP contribution in [-0.2, 0) is 0 Å². The summed E-state index contributed by atoms with van der Waals surface area (Å²) in [4.78, 5) is 27.7. The summed E-state index contributed by atoms with van der Waals surface area (Å²) in [5.74, 6) is -1.19. The summed E-state index contributed by atoms with van der Waals surface area (Å²) in [5, 5.41) is 2.75. The summed E-state index contributed by atoms with van der Waals surface area (Å²) in [6.07, 6.45) is 1.88. The van der Waals surface area contributed by atoms with E-state index in [-0.39, 0.29) is 17.5 Å². The van der Waals surface area contributed by atoms with Gasteiger partial charge in [0.05, 0.1) is 11.6 Å². The third kappa shape index (κ3) is 3.96. The summed E-state index contributed by atoms with van der Waals surface area (Å²) in [7, 11) is 0. The highest BCUT2D eigenvalue weighted by atomic mass is 19.1. The van der Waals surface area contributed by atoms with Crippen molar-refractivity contribution in [1.29, 1.82) is 0 Å². The molecule has 1 unspecified atom stereocenters. The van der Waals surface area contributed by atoms with Crippen LogP contribution >= 0.6 is 0 Å². The monoisotopic (exact) mass is 402 g/mol. The third-order valence-electron chi connectivity index (χ3n) is 5.55. The van der Waals surface area contributed by atoms with Gasteiger partial charge in [-0.3, -0.25) is 9.59 Å². The molecule has 1 heterocycles. The van der Waals surface area contributed by atoms with E-state index in [1.54, 1.807) is 24.3 Å². The van der Waals surface area contributed by atoms with E-state index in [2.05, 4.69) is 5.32 Å². The number of anilines is 1. The summed E-state index contributed by atoms with van der Waals surface area (Å²) in [5.41, 5.74) is 2.91. The Labute approximate surface area is 175 Å². The number of benzene rings is 3. The van der Waals surface area contributed by atoms with Crippen LogP contribution in [0.25, 0.3) is 0 Å². The molecule has 1 N–H and O–H groups in total. The van der Waals surface area contributed by atoms with Crippen molar-refractivity contribution in [2.24, 2.45) is 0 Å². The fourth-order valence-corrected chi connectivity index (χ4v) is 3.92. The van der Waals surface area contributed by atoms with Crippen molar-refractivity contribution in [3.8, 4) is 0 Å². The first-order chi connectivity index (χ1) is 14.5. The van der Waals surface area contributed by atoms with Crippen LogP contribution in [0.15, 0.2) is 72.8 Å². The number of nitrogens with one attached hydrogen (secondary N) is 1. The van der Waals surface area contributed by atoms with Crippen molar-refractivity contribution in [3.05, 3.63) is 101 Å². The van der Waals surface area contributed by atoms with Gasteiger partial charge in [-0.1, -0.05) is 48.5 Å². The number of carbonyl (C=O) groups is 2. The molecule has 4 rings (SSSR count). The van der Waals surface area contributed by atoms with Crippen LogP contribution in [0.2, 0.25) is 0 Å². The van der Waals surface area contributed by atoms with Gasteiger partial charge in [0.1, 0.15) is 5.82 Å². The first-order valence-electron chi connectivity index (χ1n) is 10.1. The molecule has 1 saturated heterocycles. The fraction of sp³-hybridized carbons (Fsp3) is 0.200. The van der Waals surface area contributed by atoms with Gasteiger partial charge in [0.25, 0.3) is 11.8 Å². The molecule has 0 saturated carbocycles. The van der Waals surface area contributed by atoms with Gasteiger partial charge in [0.2, 0.25) is 0 Å². The van der Waals surface area contributed by atoms with Crippen LogP contribution in [0.5, 0.6) is 0 Å². The van der Waals surface area contributed by atoms with E-state index < -0.39 is 11.7 Å². The van der Waals surface area contributed by atoms with Crippen LogP contribution in [0.3, 0.4) is 0 Å². The van der Waals surface area contributed by atoms with E-state index >= 15 is 0 Å². The highest BCUT2D eigenvalue weighted by Crippen LogP contribution is 2.33. The third-order valence-corrected chi connectivity index (χ3v) is 5.55.